The number of hydrogen-bond acceptors (Lipinski definition) is 5. The summed E-state index contributed by atoms with van der Waals surface area (Å²) < 4.78 is 5.50. The van der Waals surface area contributed by atoms with Gasteiger partial charge in [-0.05, 0) is 48.9 Å². The van der Waals surface area contributed by atoms with Gasteiger partial charge in [0.1, 0.15) is 5.56 Å². The Labute approximate surface area is 306 Å². The van der Waals surface area contributed by atoms with Crippen molar-refractivity contribution in [2.45, 2.75) is 206 Å². The zero-order valence-corrected chi connectivity index (χ0v) is 32.3. The molecule has 2 aromatic rings. The number of phenolic OH excluding ortho intramolecular Hbond substituents is 3. The van der Waals surface area contributed by atoms with E-state index in [2.05, 4.69) is 13.8 Å². The molecular weight excluding hydrogens is 620 g/mol. The molecular formula is C45H74O5. The average Bonchev–Trinajstić information content (AvgIpc) is 3.11. The van der Waals surface area contributed by atoms with Gasteiger partial charge < -0.3 is 20.1 Å². The van der Waals surface area contributed by atoms with E-state index < -0.39 is 11.7 Å². The molecule has 284 valence electrons. The lowest BCUT2D eigenvalue weighted by molar-refractivity contribution is 0.0725. The van der Waals surface area contributed by atoms with Gasteiger partial charge in [0.15, 0.2) is 23.0 Å². The number of ether oxygens (including phenoxy) is 1. The normalized spacial score (nSPS) is 11.3. The summed E-state index contributed by atoms with van der Waals surface area (Å²) in [4.78, 5) is 13.0. The number of rotatable bonds is 32. The van der Waals surface area contributed by atoms with Crippen LogP contribution in [0, 0.1) is 0 Å². The van der Waals surface area contributed by atoms with E-state index in [1.54, 1.807) is 18.2 Å². The molecule has 0 saturated heterocycles. The minimum atomic E-state index is -0.801. The van der Waals surface area contributed by atoms with E-state index in [1.165, 1.54) is 160 Å². The first-order chi connectivity index (χ1) is 24.5. The van der Waals surface area contributed by atoms with E-state index in [4.69, 9.17) is 4.74 Å². The van der Waals surface area contributed by atoms with Gasteiger partial charge >= 0.3 is 5.97 Å². The number of benzene rings is 2. The molecule has 0 heterocycles. The summed E-state index contributed by atoms with van der Waals surface area (Å²) in [5.41, 5.74) is 1.28. The predicted octanol–water partition coefficient (Wildman–Crippen LogP) is 14.1. The van der Waals surface area contributed by atoms with E-state index in [-0.39, 0.29) is 22.8 Å². The molecule has 0 bridgehead atoms. The molecule has 0 unspecified atom stereocenters. The molecule has 2 aromatic carbocycles. The van der Waals surface area contributed by atoms with Gasteiger partial charge in [-0.3, -0.25) is 0 Å². The quantitative estimate of drug-likeness (QED) is 0.0307. The van der Waals surface area contributed by atoms with E-state index >= 15 is 0 Å². The third kappa shape index (κ3) is 19.1. The van der Waals surface area contributed by atoms with Crippen molar-refractivity contribution in [3.05, 3.63) is 47.0 Å². The molecule has 0 spiro atoms. The van der Waals surface area contributed by atoms with Crippen molar-refractivity contribution in [1.29, 1.82) is 0 Å². The van der Waals surface area contributed by atoms with Crippen LogP contribution >= 0.6 is 0 Å². The van der Waals surface area contributed by atoms with Crippen LogP contribution in [0.2, 0.25) is 0 Å². The van der Waals surface area contributed by atoms with Crippen molar-refractivity contribution in [3.63, 3.8) is 0 Å². The van der Waals surface area contributed by atoms with Crippen LogP contribution in [0.4, 0.5) is 0 Å². The van der Waals surface area contributed by atoms with Gasteiger partial charge in [0.05, 0.1) is 0 Å². The number of carbonyl (C=O) groups excluding carboxylic acids is 1. The SMILES string of the molecule is CCCCCCCCCCCCCCCCc1cccc(OC(=O)c2ccc(CCCCCCCCCCCCCCCC)c(O)c2O)c1O. The van der Waals surface area contributed by atoms with E-state index in [9.17, 15) is 20.1 Å². The van der Waals surface area contributed by atoms with Crippen molar-refractivity contribution in [1.82, 2.24) is 0 Å². The van der Waals surface area contributed by atoms with Gasteiger partial charge in [-0.15, -0.1) is 0 Å². The molecule has 3 N–H and O–H groups in total. The molecule has 0 aromatic heterocycles. The zero-order chi connectivity index (χ0) is 36.1. The van der Waals surface area contributed by atoms with E-state index in [0.717, 1.165) is 37.7 Å². The highest BCUT2D eigenvalue weighted by atomic mass is 16.5. The summed E-state index contributed by atoms with van der Waals surface area (Å²) in [5, 5.41) is 32.1. The first-order valence-electron chi connectivity index (χ1n) is 21.1. The van der Waals surface area contributed by atoms with Crippen molar-refractivity contribution in [2.75, 3.05) is 0 Å². The van der Waals surface area contributed by atoms with E-state index in [0.29, 0.717) is 12.0 Å². The topological polar surface area (TPSA) is 87.0 Å². The Morgan fingerprint density at radius 1 is 0.440 bits per heavy atom. The fraction of sp³-hybridized carbons (Fsp3) is 0.711. The van der Waals surface area contributed by atoms with Gasteiger partial charge in [-0.2, -0.15) is 0 Å². The van der Waals surface area contributed by atoms with E-state index in [1.807, 2.05) is 6.07 Å². The predicted molar refractivity (Wildman–Crippen MR) is 211 cm³/mol. The minimum absolute atomic E-state index is 0.0336. The van der Waals surface area contributed by atoms with Crippen LogP contribution in [0.5, 0.6) is 23.0 Å². The number of aromatic hydroxyl groups is 3. The Kier molecular flexibility index (Phi) is 25.2. The Balaban J connectivity index is 1.62. The Hall–Kier alpha value is -2.69. The molecule has 0 radical (unpaired) electrons. The van der Waals surface area contributed by atoms with Crippen molar-refractivity contribution in [3.8, 4) is 23.0 Å². The van der Waals surface area contributed by atoms with Crippen molar-refractivity contribution >= 4 is 5.97 Å². The number of aryl methyl sites for hydroxylation is 2. The standard InChI is InChI=1S/C45H74O5/c1-3-5-7-9-11-13-15-17-19-21-23-25-27-29-32-38-34-31-35-41(42(38)46)50-45(49)40-37-36-39(43(47)44(40)48)33-30-28-26-24-22-20-18-16-14-12-10-8-6-4-2/h31,34-37,46-48H,3-30,32-33H2,1-2H3. The average molecular weight is 695 g/mol. The second-order valence-electron chi connectivity index (χ2n) is 14.8. The maximum atomic E-state index is 13.0. The van der Waals surface area contributed by atoms with Crippen LogP contribution < -0.4 is 4.74 Å². The molecule has 0 amide bonds. The highest BCUT2D eigenvalue weighted by Gasteiger charge is 2.21. The summed E-state index contributed by atoms with van der Waals surface area (Å²) in [6.07, 6.45) is 37.5. The number of hydrogen-bond donors (Lipinski definition) is 3. The van der Waals surface area contributed by atoms with Crippen molar-refractivity contribution < 1.29 is 24.9 Å². The largest absolute Gasteiger partial charge is 0.504 e. The molecule has 2 rings (SSSR count). The maximum absolute atomic E-state index is 13.0. The molecule has 0 aliphatic carbocycles. The highest BCUT2D eigenvalue weighted by molar-refractivity contribution is 5.95. The van der Waals surface area contributed by atoms with Crippen LogP contribution in [-0.4, -0.2) is 21.3 Å². The number of phenols is 3. The molecule has 0 aliphatic heterocycles. The molecule has 0 saturated carbocycles. The summed E-state index contributed by atoms with van der Waals surface area (Å²) in [5.74, 6) is -1.48. The fourth-order valence-electron chi connectivity index (χ4n) is 7.01. The van der Waals surface area contributed by atoms with Crippen LogP contribution in [-0.2, 0) is 12.8 Å². The lowest BCUT2D eigenvalue weighted by Crippen LogP contribution is -2.09. The summed E-state index contributed by atoms with van der Waals surface area (Å²) in [6.45, 7) is 4.53. The fourth-order valence-corrected chi connectivity index (χ4v) is 7.01. The number of esters is 1. The first kappa shape index (κ1) is 43.5. The van der Waals surface area contributed by atoms with Gasteiger partial charge in [-0.1, -0.05) is 199 Å². The van der Waals surface area contributed by atoms with Gasteiger partial charge in [0, 0.05) is 0 Å². The summed E-state index contributed by atoms with van der Waals surface area (Å²) in [6, 6.07) is 8.40. The number of unbranched alkanes of at least 4 members (excludes halogenated alkanes) is 26. The van der Waals surface area contributed by atoms with Crippen molar-refractivity contribution in [2.24, 2.45) is 0 Å². The van der Waals surface area contributed by atoms with Gasteiger partial charge in [-0.25, -0.2) is 4.79 Å². The molecule has 0 atom stereocenters. The highest BCUT2D eigenvalue weighted by Crippen LogP contribution is 2.36. The van der Waals surface area contributed by atoms with Gasteiger partial charge in [0.2, 0.25) is 0 Å². The Bertz CT molecular complexity index is 1140. The number of para-hydroxylation sites is 1. The Morgan fingerprint density at radius 3 is 1.20 bits per heavy atom. The molecule has 0 aliphatic rings. The molecule has 0 fully saturated rings. The van der Waals surface area contributed by atoms with Crippen LogP contribution in [0.15, 0.2) is 30.3 Å². The maximum Gasteiger partial charge on any atom is 0.347 e. The molecule has 5 heteroatoms. The lowest BCUT2D eigenvalue weighted by Gasteiger charge is -2.13. The molecule has 50 heavy (non-hydrogen) atoms. The van der Waals surface area contributed by atoms with Crippen LogP contribution in [0.25, 0.3) is 0 Å². The van der Waals surface area contributed by atoms with Crippen LogP contribution in [0.1, 0.15) is 215 Å². The summed E-state index contributed by atoms with van der Waals surface area (Å²) in [7, 11) is 0. The third-order valence-electron chi connectivity index (χ3n) is 10.3. The zero-order valence-electron chi connectivity index (χ0n) is 32.3. The monoisotopic (exact) mass is 695 g/mol. The summed E-state index contributed by atoms with van der Waals surface area (Å²) >= 11 is 0. The molecule has 5 nitrogen and oxygen atoms in total. The smallest absolute Gasteiger partial charge is 0.347 e. The second kappa shape index (κ2) is 28.9. The lowest BCUT2D eigenvalue weighted by atomic mass is 10.0. The first-order valence-corrected chi connectivity index (χ1v) is 21.1. The Morgan fingerprint density at radius 2 is 0.800 bits per heavy atom. The third-order valence-corrected chi connectivity index (χ3v) is 10.3. The van der Waals surface area contributed by atoms with Gasteiger partial charge in [0.25, 0.3) is 0 Å². The van der Waals surface area contributed by atoms with Crippen LogP contribution in [0.3, 0.4) is 0 Å². The number of carbonyl (C=O) groups is 1. The second-order valence-corrected chi connectivity index (χ2v) is 14.8. The minimum Gasteiger partial charge on any atom is -0.504 e.